The molecule has 1 atom stereocenters. The molecule has 9 nitrogen and oxygen atoms in total. The number of nitrogens with one attached hydrogen (secondary N) is 2. The molecule has 1 saturated heterocycles. The van der Waals surface area contributed by atoms with Crippen LogP contribution in [0.5, 0.6) is 0 Å². The van der Waals surface area contributed by atoms with Crippen molar-refractivity contribution in [1.29, 1.82) is 0 Å². The molecular weight excluding hydrogens is 466 g/mol. The van der Waals surface area contributed by atoms with Gasteiger partial charge in [-0.15, -0.1) is 0 Å². The fourth-order valence-electron chi connectivity index (χ4n) is 5.34. The van der Waals surface area contributed by atoms with Crippen molar-refractivity contribution in [3.05, 3.63) is 65.2 Å². The van der Waals surface area contributed by atoms with Gasteiger partial charge in [-0.2, -0.15) is 0 Å². The number of nitrogens with zero attached hydrogens (tertiary/aromatic N) is 5. The lowest BCUT2D eigenvalue weighted by Crippen LogP contribution is -2.18. The monoisotopic (exact) mass is 497 g/mol. The van der Waals surface area contributed by atoms with Crippen molar-refractivity contribution in [2.24, 2.45) is 7.05 Å². The van der Waals surface area contributed by atoms with Gasteiger partial charge in [0.25, 0.3) is 5.91 Å². The Morgan fingerprint density at radius 2 is 2.11 bits per heavy atom. The van der Waals surface area contributed by atoms with Gasteiger partial charge in [-0.25, -0.2) is 9.97 Å². The molecule has 190 valence electrons. The van der Waals surface area contributed by atoms with Gasteiger partial charge in [-0.1, -0.05) is 6.07 Å². The van der Waals surface area contributed by atoms with Gasteiger partial charge < -0.3 is 24.8 Å². The second-order valence-corrected chi connectivity index (χ2v) is 10.1. The highest BCUT2D eigenvalue weighted by Gasteiger charge is 2.28. The second-order valence-electron chi connectivity index (χ2n) is 10.1. The van der Waals surface area contributed by atoms with Crippen molar-refractivity contribution >= 4 is 28.4 Å². The lowest BCUT2D eigenvalue weighted by atomic mass is 9.95. The number of hydrogen-bond donors (Lipinski definition) is 2. The molecule has 0 radical (unpaired) electrons. The van der Waals surface area contributed by atoms with Crippen LogP contribution in [0.1, 0.15) is 39.5 Å². The first-order chi connectivity index (χ1) is 18.0. The van der Waals surface area contributed by atoms with Gasteiger partial charge >= 0.3 is 0 Å². The molecule has 4 aromatic heterocycles. The van der Waals surface area contributed by atoms with Crippen LogP contribution in [0.15, 0.2) is 42.9 Å². The molecule has 2 aliphatic heterocycles. The lowest BCUT2D eigenvalue weighted by molar-refractivity contribution is 0.0966. The Bertz CT molecular complexity index is 1490. The molecule has 2 aliphatic rings. The average molecular weight is 498 g/mol. The number of pyridine rings is 3. The summed E-state index contributed by atoms with van der Waals surface area (Å²) in [6.07, 6.45) is 7.39. The molecule has 1 amide bonds. The molecule has 6 heterocycles. The Labute approximate surface area is 215 Å². The van der Waals surface area contributed by atoms with Crippen molar-refractivity contribution in [1.82, 2.24) is 29.7 Å². The van der Waals surface area contributed by atoms with Crippen molar-refractivity contribution in [2.45, 2.75) is 25.3 Å². The van der Waals surface area contributed by atoms with E-state index in [1.807, 2.05) is 36.0 Å². The standard InChI is InChI=1S/C28H31N7O2/c1-34(2)11-8-22-18(17-9-13-37-16-17)4-5-24(32-22)33-23-15-30-26(21-14-31-28(36)25(21)23)19-6-10-29-27-20(19)7-12-35(27)3/h4-7,10,12,15,17H,8-9,11,13-14,16H2,1-3H3,(H,31,36)(H,32,33)/t17-/m1/s1. The summed E-state index contributed by atoms with van der Waals surface area (Å²) in [5.74, 6) is 0.985. The van der Waals surface area contributed by atoms with Crippen LogP contribution in [0, 0.1) is 0 Å². The Balaban J connectivity index is 1.37. The summed E-state index contributed by atoms with van der Waals surface area (Å²) in [6, 6.07) is 8.16. The van der Waals surface area contributed by atoms with E-state index in [9.17, 15) is 4.79 Å². The molecular formula is C28H31N7O2. The van der Waals surface area contributed by atoms with Gasteiger partial charge in [0.2, 0.25) is 0 Å². The van der Waals surface area contributed by atoms with E-state index in [4.69, 9.17) is 14.7 Å². The van der Waals surface area contributed by atoms with Crippen LogP contribution in [0.25, 0.3) is 22.3 Å². The number of rotatable bonds is 7. The number of hydrogen-bond acceptors (Lipinski definition) is 7. The van der Waals surface area contributed by atoms with Gasteiger partial charge in [0.15, 0.2) is 0 Å². The minimum atomic E-state index is -0.105. The van der Waals surface area contributed by atoms with E-state index < -0.39 is 0 Å². The number of anilines is 2. The highest BCUT2D eigenvalue weighted by molar-refractivity contribution is 6.06. The second kappa shape index (κ2) is 9.57. The summed E-state index contributed by atoms with van der Waals surface area (Å²) in [4.78, 5) is 29.5. The molecule has 0 aromatic carbocycles. The molecule has 9 heteroatoms. The lowest BCUT2D eigenvalue weighted by Gasteiger charge is -2.18. The Kier molecular flexibility index (Phi) is 6.10. The van der Waals surface area contributed by atoms with Crippen LogP contribution in [0.3, 0.4) is 0 Å². The maximum absolute atomic E-state index is 13.0. The molecule has 0 spiro atoms. The highest BCUT2D eigenvalue weighted by atomic mass is 16.5. The first-order valence-electron chi connectivity index (χ1n) is 12.7. The van der Waals surface area contributed by atoms with E-state index in [0.29, 0.717) is 29.5 Å². The quantitative estimate of drug-likeness (QED) is 0.402. The van der Waals surface area contributed by atoms with Crippen LogP contribution < -0.4 is 10.6 Å². The van der Waals surface area contributed by atoms with Crippen molar-refractivity contribution in [3.63, 3.8) is 0 Å². The maximum atomic E-state index is 13.0. The molecule has 0 unspecified atom stereocenters. The number of ether oxygens (including phenoxy) is 1. The van der Waals surface area contributed by atoms with E-state index in [1.165, 1.54) is 5.56 Å². The van der Waals surface area contributed by atoms with Crippen LogP contribution in [-0.2, 0) is 24.8 Å². The smallest absolute Gasteiger partial charge is 0.254 e. The third-order valence-corrected chi connectivity index (χ3v) is 7.29. The number of carbonyl (C=O) groups is 1. The number of fused-ring (bicyclic) bond motifs is 2. The van der Waals surface area contributed by atoms with E-state index in [-0.39, 0.29) is 5.91 Å². The third kappa shape index (κ3) is 4.34. The zero-order valence-corrected chi connectivity index (χ0v) is 21.4. The fourth-order valence-corrected chi connectivity index (χ4v) is 5.34. The summed E-state index contributed by atoms with van der Waals surface area (Å²) in [5, 5.41) is 7.40. The molecule has 0 bridgehead atoms. The minimum absolute atomic E-state index is 0.105. The van der Waals surface area contributed by atoms with E-state index in [1.54, 1.807) is 12.4 Å². The van der Waals surface area contributed by atoms with Gasteiger partial charge in [0.05, 0.1) is 29.7 Å². The number of carbonyl (C=O) groups excluding carboxylic acids is 1. The fraction of sp³-hybridized carbons (Fsp3) is 0.357. The zero-order chi connectivity index (χ0) is 25.5. The van der Waals surface area contributed by atoms with Crippen LogP contribution in [0.4, 0.5) is 11.5 Å². The Morgan fingerprint density at radius 3 is 2.92 bits per heavy atom. The van der Waals surface area contributed by atoms with Crippen molar-refractivity contribution in [2.75, 3.05) is 39.2 Å². The predicted octanol–water partition coefficient (Wildman–Crippen LogP) is 3.63. The molecule has 2 N–H and O–H groups in total. The molecule has 4 aromatic rings. The summed E-state index contributed by atoms with van der Waals surface area (Å²) in [7, 11) is 6.11. The van der Waals surface area contributed by atoms with Crippen LogP contribution in [-0.4, -0.2) is 64.2 Å². The van der Waals surface area contributed by atoms with Crippen molar-refractivity contribution in [3.8, 4) is 11.3 Å². The van der Waals surface area contributed by atoms with Gasteiger partial charge in [-0.3, -0.25) is 9.78 Å². The molecule has 1 fully saturated rings. The summed E-state index contributed by atoms with van der Waals surface area (Å²) in [5.41, 5.74) is 7.15. The van der Waals surface area contributed by atoms with Gasteiger partial charge in [0.1, 0.15) is 11.5 Å². The SMILES string of the molecule is CN(C)CCc1nc(Nc2cnc(-c3ccnc4c3ccn4C)c3c2C(=O)NC3)ccc1[C@@H]1CCOC1. The third-order valence-electron chi connectivity index (χ3n) is 7.29. The van der Waals surface area contributed by atoms with E-state index in [2.05, 4.69) is 40.7 Å². The van der Waals surface area contributed by atoms with Crippen molar-refractivity contribution < 1.29 is 9.53 Å². The van der Waals surface area contributed by atoms with Gasteiger partial charge in [-0.05, 0) is 44.3 Å². The number of aromatic nitrogens is 4. The summed E-state index contributed by atoms with van der Waals surface area (Å²) in [6.45, 7) is 2.88. The summed E-state index contributed by atoms with van der Waals surface area (Å²) < 4.78 is 7.63. The number of likely N-dealkylation sites (N-methyl/N-ethyl adjacent to an activating group) is 1. The maximum Gasteiger partial charge on any atom is 0.254 e. The normalized spacial score (nSPS) is 17.0. The topological polar surface area (TPSA) is 97.2 Å². The Morgan fingerprint density at radius 1 is 1.22 bits per heavy atom. The first kappa shape index (κ1) is 23.6. The van der Waals surface area contributed by atoms with E-state index >= 15 is 0 Å². The van der Waals surface area contributed by atoms with Crippen LogP contribution >= 0.6 is 0 Å². The highest BCUT2D eigenvalue weighted by Crippen LogP contribution is 2.36. The number of aryl methyl sites for hydroxylation is 1. The van der Waals surface area contributed by atoms with Crippen LogP contribution in [0.2, 0.25) is 0 Å². The molecule has 0 aliphatic carbocycles. The number of amides is 1. The predicted molar refractivity (Wildman–Crippen MR) is 143 cm³/mol. The first-order valence-corrected chi connectivity index (χ1v) is 12.7. The Hall–Kier alpha value is -3.82. The molecule has 0 saturated carbocycles. The molecule has 6 rings (SSSR count). The largest absolute Gasteiger partial charge is 0.381 e. The van der Waals surface area contributed by atoms with E-state index in [0.717, 1.165) is 66.1 Å². The van der Waals surface area contributed by atoms with Gasteiger partial charge in [0, 0.05) is 73.7 Å². The minimum Gasteiger partial charge on any atom is -0.381 e. The average Bonchev–Trinajstić information content (AvgIpc) is 3.65. The summed E-state index contributed by atoms with van der Waals surface area (Å²) >= 11 is 0. The zero-order valence-electron chi connectivity index (χ0n) is 21.4. The molecule has 37 heavy (non-hydrogen) atoms.